The normalized spacial score (nSPS) is 16.9. The molecule has 0 atom stereocenters. The lowest BCUT2D eigenvalue weighted by molar-refractivity contribution is 0.0822. The lowest BCUT2D eigenvalue weighted by Gasteiger charge is -2.51. The summed E-state index contributed by atoms with van der Waals surface area (Å²) in [5.74, 6) is 0. The van der Waals surface area contributed by atoms with Crippen LogP contribution < -0.4 is 5.32 Å². The van der Waals surface area contributed by atoms with Crippen molar-refractivity contribution in [3.63, 3.8) is 0 Å². The fourth-order valence-electron chi connectivity index (χ4n) is 4.31. The summed E-state index contributed by atoms with van der Waals surface area (Å²) in [5, 5.41) is 3.99. The van der Waals surface area contributed by atoms with Crippen molar-refractivity contribution in [3.05, 3.63) is 24.3 Å². The summed E-state index contributed by atoms with van der Waals surface area (Å²) >= 11 is 0. The highest BCUT2D eigenvalue weighted by Gasteiger charge is 2.45. The Morgan fingerprint density at radius 1 is 0.708 bits per heavy atom. The molecule has 0 amide bonds. The molecule has 24 heavy (non-hydrogen) atoms. The van der Waals surface area contributed by atoms with E-state index < -0.39 is 0 Å². The molecule has 0 aromatic rings. The Hall–Kier alpha value is -0.560. The molecule has 142 valence electrons. The van der Waals surface area contributed by atoms with Gasteiger partial charge in [0.25, 0.3) is 0 Å². The van der Waals surface area contributed by atoms with Gasteiger partial charge in [0.2, 0.25) is 0 Å². The number of rotatable bonds is 11. The smallest absolute Gasteiger partial charge is 0.0153 e. The van der Waals surface area contributed by atoms with Crippen molar-refractivity contribution < 1.29 is 0 Å². The van der Waals surface area contributed by atoms with Gasteiger partial charge in [-0.2, -0.15) is 0 Å². The summed E-state index contributed by atoms with van der Waals surface area (Å²) in [5.41, 5.74) is 0.625. The van der Waals surface area contributed by atoms with Crippen LogP contribution in [0.2, 0.25) is 0 Å². The van der Waals surface area contributed by atoms with Crippen molar-refractivity contribution in [2.75, 3.05) is 0 Å². The van der Waals surface area contributed by atoms with E-state index in [2.05, 4.69) is 98.9 Å². The molecule has 0 saturated heterocycles. The Morgan fingerprint density at radius 2 is 1.12 bits per heavy atom. The van der Waals surface area contributed by atoms with E-state index in [4.69, 9.17) is 0 Å². The van der Waals surface area contributed by atoms with Gasteiger partial charge in [-0.05, 0) is 72.1 Å². The Bertz CT molecular complexity index is 394. The summed E-state index contributed by atoms with van der Waals surface area (Å²) in [7, 11) is 0. The minimum absolute atomic E-state index is 0.0748. The summed E-state index contributed by atoms with van der Waals surface area (Å²) in [6.45, 7) is 23.2. The van der Waals surface area contributed by atoms with Crippen molar-refractivity contribution in [1.82, 2.24) is 5.32 Å². The van der Waals surface area contributed by atoms with Gasteiger partial charge >= 0.3 is 0 Å². The maximum Gasteiger partial charge on any atom is 0.0153 e. The molecule has 0 rings (SSSR count). The Morgan fingerprint density at radius 3 is 1.42 bits per heavy atom. The molecule has 0 fully saturated rings. The number of allylic oxidation sites excluding steroid dienone is 4. The van der Waals surface area contributed by atoms with Crippen LogP contribution in [0.5, 0.6) is 0 Å². The van der Waals surface area contributed by atoms with E-state index in [9.17, 15) is 0 Å². The zero-order chi connectivity index (χ0) is 19.1. The summed E-state index contributed by atoms with van der Waals surface area (Å²) in [4.78, 5) is 0. The third kappa shape index (κ3) is 5.48. The molecule has 0 saturated carbocycles. The predicted octanol–water partition coefficient (Wildman–Crippen LogP) is 7.29. The molecule has 0 aromatic carbocycles. The van der Waals surface area contributed by atoms with Crippen LogP contribution in [0.3, 0.4) is 0 Å². The summed E-state index contributed by atoms with van der Waals surface area (Å²) in [6, 6.07) is 0. The van der Waals surface area contributed by atoms with Crippen molar-refractivity contribution >= 4 is 0 Å². The predicted molar refractivity (Wildman–Crippen MR) is 112 cm³/mol. The third-order valence-electron chi connectivity index (χ3n) is 6.55. The Kier molecular flexibility index (Phi) is 9.01. The van der Waals surface area contributed by atoms with Gasteiger partial charge in [-0.25, -0.2) is 0 Å². The monoisotopic (exact) mass is 335 g/mol. The minimum Gasteiger partial charge on any atom is -0.307 e. The lowest BCUT2D eigenvalue weighted by atomic mass is 9.57. The van der Waals surface area contributed by atoms with Gasteiger partial charge in [-0.3, -0.25) is 0 Å². The first-order valence-corrected chi connectivity index (χ1v) is 10.1. The molecule has 1 nitrogen and oxygen atoms in total. The van der Waals surface area contributed by atoms with Gasteiger partial charge in [0.1, 0.15) is 0 Å². The highest BCUT2D eigenvalue weighted by Crippen LogP contribution is 2.52. The molecule has 0 aliphatic heterocycles. The SMILES string of the molecule is CC=CC(C=CC)(CC(C)(C)NC(C)(CC)CC)C(C)(CC)CC. The van der Waals surface area contributed by atoms with Gasteiger partial charge in [-0.15, -0.1) is 0 Å². The van der Waals surface area contributed by atoms with E-state index in [0.29, 0.717) is 0 Å². The fraction of sp³-hybridized carbons (Fsp3) is 0.826. The van der Waals surface area contributed by atoms with Gasteiger partial charge in [0.15, 0.2) is 0 Å². The average Bonchev–Trinajstić information content (AvgIpc) is 2.53. The quantitative estimate of drug-likeness (QED) is 0.391. The maximum absolute atomic E-state index is 3.99. The molecule has 0 heterocycles. The molecule has 0 aliphatic rings. The van der Waals surface area contributed by atoms with Crippen LogP contribution in [0.15, 0.2) is 24.3 Å². The van der Waals surface area contributed by atoms with Gasteiger partial charge in [0.05, 0.1) is 0 Å². The Balaban J connectivity index is 5.93. The zero-order valence-corrected chi connectivity index (χ0v) is 18.3. The molecule has 0 bridgehead atoms. The van der Waals surface area contributed by atoms with Crippen LogP contribution in [0.1, 0.15) is 101 Å². The van der Waals surface area contributed by atoms with E-state index in [0.717, 1.165) is 19.3 Å². The van der Waals surface area contributed by atoms with E-state index in [1.165, 1.54) is 12.8 Å². The summed E-state index contributed by atoms with van der Waals surface area (Å²) in [6.07, 6.45) is 15.2. The van der Waals surface area contributed by atoms with Gasteiger partial charge < -0.3 is 5.32 Å². The van der Waals surface area contributed by atoms with Crippen molar-refractivity contribution in [1.29, 1.82) is 0 Å². The fourth-order valence-corrected chi connectivity index (χ4v) is 4.31. The molecular formula is C23H45N. The van der Waals surface area contributed by atoms with E-state index in [1.807, 2.05) is 0 Å². The van der Waals surface area contributed by atoms with Crippen molar-refractivity contribution in [2.45, 2.75) is 112 Å². The second kappa shape index (κ2) is 9.22. The molecule has 0 aliphatic carbocycles. The van der Waals surface area contributed by atoms with Crippen LogP contribution in [-0.4, -0.2) is 11.1 Å². The van der Waals surface area contributed by atoms with E-state index >= 15 is 0 Å². The standard InChI is InChI=1S/C23H45N/c1-11-17-23(18-12-2,21(9,13-3)14-4)19-20(7,8)24-22(10,15-5)16-6/h11-12,17-18,24H,13-16,19H2,1-10H3. The van der Waals surface area contributed by atoms with Gasteiger partial charge in [-0.1, -0.05) is 58.9 Å². The van der Waals surface area contributed by atoms with Gasteiger partial charge in [0, 0.05) is 16.5 Å². The second-order valence-corrected chi connectivity index (χ2v) is 8.76. The molecule has 0 radical (unpaired) electrons. The number of hydrogen-bond acceptors (Lipinski definition) is 1. The number of nitrogens with one attached hydrogen (secondary N) is 1. The van der Waals surface area contributed by atoms with E-state index in [1.54, 1.807) is 0 Å². The lowest BCUT2D eigenvalue weighted by Crippen LogP contribution is -2.56. The molecule has 1 heteroatoms. The largest absolute Gasteiger partial charge is 0.307 e. The maximum atomic E-state index is 3.99. The van der Waals surface area contributed by atoms with Crippen molar-refractivity contribution in [3.8, 4) is 0 Å². The zero-order valence-electron chi connectivity index (χ0n) is 18.3. The van der Waals surface area contributed by atoms with Crippen LogP contribution in [0.4, 0.5) is 0 Å². The number of hydrogen-bond donors (Lipinski definition) is 1. The first kappa shape index (κ1) is 23.4. The second-order valence-electron chi connectivity index (χ2n) is 8.76. The molecule has 0 spiro atoms. The summed E-state index contributed by atoms with van der Waals surface area (Å²) < 4.78 is 0. The third-order valence-corrected chi connectivity index (χ3v) is 6.55. The Labute approximate surface area is 153 Å². The topological polar surface area (TPSA) is 12.0 Å². The first-order valence-electron chi connectivity index (χ1n) is 10.1. The first-order chi connectivity index (χ1) is 11.0. The van der Waals surface area contributed by atoms with Crippen LogP contribution in [0, 0.1) is 10.8 Å². The van der Waals surface area contributed by atoms with Crippen LogP contribution in [-0.2, 0) is 0 Å². The average molecular weight is 336 g/mol. The van der Waals surface area contributed by atoms with Crippen molar-refractivity contribution in [2.24, 2.45) is 10.8 Å². The highest BCUT2D eigenvalue weighted by molar-refractivity contribution is 5.19. The molecule has 0 aromatic heterocycles. The molecular weight excluding hydrogens is 290 g/mol. The van der Waals surface area contributed by atoms with E-state index in [-0.39, 0.29) is 21.9 Å². The van der Waals surface area contributed by atoms with Crippen LogP contribution in [0.25, 0.3) is 0 Å². The molecule has 1 N–H and O–H groups in total. The molecule has 0 unspecified atom stereocenters. The van der Waals surface area contributed by atoms with Crippen LogP contribution >= 0.6 is 0 Å². The minimum atomic E-state index is 0.0748. The highest BCUT2D eigenvalue weighted by atomic mass is 15.0.